The average Bonchev–Trinajstić information content (AvgIpc) is 2.74. The molecule has 1 aliphatic heterocycles. The first-order valence-corrected chi connectivity index (χ1v) is 6.96. The van der Waals surface area contributed by atoms with Gasteiger partial charge in [0.2, 0.25) is 0 Å². The van der Waals surface area contributed by atoms with E-state index in [0.29, 0.717) is 30.5 Å². The molecule has 0 saturated carbocycles. The SMILES string of the molecule is NC(=S)c1ccc(OCC(=O)N2CCCOCC2)cc1. The number of rotatable bonds is 4. The number of carbonyl (C=O) groups is 1. The molecule has 6 heteroatoms. The molecule has 2 N–H and O–H groups in total. The maximum atomic E-state index is 12.0. The van der Waals surface area contributed by atoms with E-state index in [9.17, 15) is 4.79 Å². The maximum Gasteiger partial charge on any atom is 0.260 e. The van der Waals surface area contributed by atoms with Gasteiger partial charge in [-0.2, -0.15) is 0 Å². The summed E-state index contributed by atoms with van der Waals surface area (Å²) in [6.07, 6.45) is 0.869. The molecule has 0 unspecified atom stereocenters. The minimum Gasteiger partial charge on any atom is -0.484 e. The third kappa shape index (κ3) is 4.18. The molecule has 1 fully saturated rings. The second kappa shape index (κ2) is 7.21. The van der Waals surface area contributed by atoms with Crippen molar-refractivity contribution in [3.8, 4) is 5.75 Å². The van der Waals surface area contributed by atoms with Gasteiger partial charge in [-0.05, 0) is 30.7 Å². The van der Waals surface area contributed by atoms with Crippen LogP contribution in [0.4, 0.5) is 0 Å². The highest BCUT2D eigenvalue weighted by atomic mass is 32.1. The lowest BCUT2D eigenvalue weighted by atomic mass is 10.2. The lowest BCUT2D eigenvalue weighted by Crippen LogP contribution is -2.36. The number of thiocarbonyl (C=S) groups is 1. The molecule has 1 saturated heterocycles. The van der Waals surface area contributed by atoms with Crippen molar-refractivity contribution in [3.05, 3.63) is 29.8 Å². The Morgan fingerprint density at radius 2 is 2.05 bits per heavy atom. The van der Waals surface area contributed by atoms with E-state index < -0.39 is 0 Å². The molecule has 1 heterocycles. The van der Waals surface area contributed by atoms with Crippen molar-refractivity contribution in [2.45, 2.75) is 6.42 Å². The Bertz CT molecular complexity index is 468. The van der Waals surface area contributed by atoms with Gasteiger partial charge in [0.15, 0.2) is 6.61 Å². The van der Waals surface area contributed by atoms with Gasteiger partial charge in [-0.1, -0.05) is 12.2 Å². The lowest BCUT2D eigenvalue weighted by molar-refractivity contribution is -0.133. The van der Waals surface area contributed by atoms with Gasteiger partial charge in [-0.3, -0.25) is 4.79 Å². The van der Waals surface area contributed by atoms with Gasteiger partial charge >= 0.3 is 0 Å². The van der Waals surface area contributed by atoms with Crippen LogP contribution in [0.2, 0.25) is 0 Å². The minimum atomic E-state index is -0.0195. The number of ether oxygens (including phenoxy) is 2. The smallest absolute Gasteiger partial charge is 0.260 e. The number of carbonyl (C=O) groups excluding carboxylic acids is 1. The van der Waals surface area contributed by atoms with E-state index in [4.69, 9.17) is 27.4 Å². The van der Waals surface area contributed by atoms with Gasteiger partial charge in [0.1, 0.15) is 10.7 Å². The zero-order valence-electron chi connectivity index (χ0n) is 11.2. The highest BCUT2D eigenvalue weighted by Crippen LogP contribution is 2.12. The molecule has 0 bridgehead atoms. The first kappa shape index (κ1) is 14.7. The van der Waals surface area contributed by atoms with Crippen LogP contribution in [0, 0.1) is 0 Å². The van der Waals surface area contributed by atoms with E-state index in [0.717, 1.165) is 18.5 Å². The average molecular weight is 294 g/mol. The van der Waals surface area contributed by atoms with E-state index in [-0.39, 0.29) is 12.5 Å². The van der Waals surface area contributed by atoms with Gasteiger partial charge < -0.3 is 20.1 Å². The zero-order chi connectivity index (χ0) is 14.4. The Labute approximate surface area is 123 Å². The van der Waals surface area contributed by atoms with Gasteiger partial charge in [-0.15, -0.1) is 0 Å². The number of nitrogens with two attached hydrogens (primary N) is 1. The molecule has 0 aliphatic carbocycles. The molecule has 1 aromatic rings. The predicted molar refractivity (Wildman–Crippen MR) is 79.8 cm³/mol. The third-order valence-electron chi connectivity index (χ3n) is 3.08. The summed E-state index contributed by atoms with van der Waals surface area (Å²) in [7, 11) is 0. The quantitative estimate of drug-likeness (QED) is 0.838. The van der Waals surface area contributed by atoms with Crippen LogP contribution in [0.5, 0.6) is 5.75 Å². The van der Waals surface area contributed by atoms with E-state index in [1.807, 2.05) is 0 Å². The standard InChI is InChI=1S/C14H18N2O3S/c15-14(20)11-2-4-12(5-3-11)19-10-13(17)16-6-1-8-18-9-7-16/h2-5H,1,6-10H2,(H2,15,20). The van der Waals surface area contributed by atoms with E-state index in [1.54, 1.807) is 29.2 Å². The Hall–Kier alpha value is -1.66. The Balaban J connectivity index is 1.84. The fraction of sp³-hybridized carbons (Fsp3) is 0.429. The van der Waals surface area contributed by atoms with Gasteiger partial charge in [0, 0.05) is 25.3 Å². The van der Waals surface area contributed by atoms with Gasteiger partial charge in [-0.25, -0.2) is 0 Å². The first-order valence-electron chi connectivity index (χ1n) is 6.55. The van der Waals surface area contributed by atoms with Crippen LogP contribution >= 0.6 is 12.2 Å². The number of hydrogen-bond donors (Lipinski definition) is 1. The van der Waals surface area contributed by atoms with Gasteiger partial charge in [0.05, 0.1) is 6.61 Å². The van der Waals surface area contributed by atoms with Crippen molar-refractivity contribution < 1.29 is 14.3 Å². The van der Waals surface area contributed by atoms with Crippen molar-refractivity contribution in [2.24, 2.45) is 5.73 Å². The number of hydrogen-bond acceptors (Lipinski definition) is 4. The monoisotopic (exact) mass is 294 g/mol. The summed E-state index contributed by atoms with van der Waals surface area (Å²) in [5, 5.41) is 0. The second-order valence-electron chi connectivity index (χ2n) is 4.52. The molecule has 5 nitrogen and oxygen atoms in total. The van der Waals surface area contributed by atoms with Crippen LogP contribution in [0.3, 0.4) is 0 Å². The van der Waals surface area contributed by atoms with Crippen LogP contribution in [0.25, 0.3) is 0 Å². The van der Waals surface area contributed by atoms with E-state index in [2.05, 4.69) is 0 Å². The van der Waals surface area contributed by atoms with Gasteiger partial charge in [0.25, 0.3) is 5.91 Å². The topological polar surface area (TPSA) is 64.8 Å². The first-order chi connectivity index (χ1) is 9.66. The summed E-state index contributed by atoms with van der Waals surface area (Å²) < 4.78 is 10.8. The molecule has 2 rings (SSSR count). The molecule has 0 atom stereocenters. The van der Waals surface area contributed by atoms with Crippen LogP contribution in [0.15, 0.2) is 24.3 Å². The second-order valence-corrected chi connectivity index (χ2v) is 4.96. The Kier molecular flexibility index (Phi) is 5.31. The number of benzene rings is 1. The highest BCUT2D eigenvalue weighted by molar-refractivity contribution is 7.80. The molecule has 1 amide bonds. The summed E-state index contributed by atoms with van der Waals surface area (Å²) in [5.74, 6) is 0.610. The molecular formula is C14H18N2O3S. The zero-order valence-corrected chi connectivity index (χ0v) is 12.0. The van der Waals surface area contributed by atoms with Crippen molar-refractivity contribution >= 4 is 23.1 Å². The van der Waals surface area contributed by atoms with Crippen LogP contribution in [-0.2, 0) is 9.53 Å². The summed E-state index contributed by atoms with van der Waals surface area (Å²) >= 11 is 4.87. The minimum absolute atomic E-state index is 0.0195. The fourth-order valence-electron chi connectivity index (χ4n) is 1.95. The van der Waals surface area contributed by atoms with Crippen molar-refractivity contribution in [1.29, 1.82) is 0 Å². The maximum absolute atomic E-state index is 12.0. The molecule has 20 heavy (non-hydrogen) atoms. The van der Waals surface area contributed by atoms with Crippen LogP contribution in [0.1, 0.15) is 12.0 Å². The third-order valence-corrected chi connectivity index (χ3v) is 3.31. The molecule has 1 aliphatic rings. The van der Waals surface area contributed by atoms with Crippen LogP contribution in [-0.4, -0.2) is 48.7 Å². The molecule has 1 aromatic carbocycles. The summed E-state index contributed by atoms with van der Waals surface area (Å²) in [6, 6.07) is 7.07. The molecule has 108 valence electrons. The Morgan fingerprint density at radius 1 is 1.30 bits per heavy atom. The highest BCUT2D eigenvalue weighted by Gasteiger charge is 2.16. The normalized spacial score (nSPS) is 15.5. The van der Waals surface area contributed by atoms with Crippen molar-refractivity contribution in [3.63, 3.8) is 0 Å². The number of nitrogens with zero attached hydrogens (tertiary/aromatic N) is 1. The largest absolute Gasteiger partial charge is 0.484 e. The van der Waals surface area contributed by atoms with Crippen LogP contribution < -0.4 is 10.5 Å². The number of amides is 1. The van der Waals surface area contributed by atoms with E-state index in [1.165, 1.54) is 0 Å². The summed E-state index contributed by atoms with van der Waals surface area (Å²) in [6.45, 7) is 2.69. The molecule has 0 radical (unpaired) electrons. The van der Waals surface area contributed by atoms with E-state index >= 15 is 0 Å². The lowest BCUT2D eigenvalue weighted by Gasteiger charge is -2.19. The summed E-state index contributed by atoms with van der Waals surface area (Å²) in [5.41, 5.74) is 6.30. The molecular weight excluding hydrogens is 276 g/mol. The van der Waals surface area contributed by atoms with Crippen molar-refractivity contribution in [1.82, 2.24) is 4.90 Å². The molecule has 0 aromatic heterocycles. The Morgan fingerprint density at radius 3 is 2.75 bits per heavy atom. The van der Waals surface area contributed by atoms with Crippen molar-refractivity contribution in [2.75, 3.05) is 32.9 Å². The predicted octanol–water partition coefficient (Wildman–Crippen LogP) is 0.948. The fourth-order valence-corrected chi connectivity index (χ4v) is 2.08. The summed E-state index contributed by atoms with van der Waals surface area (Å²) in [4.78, 5) is 14.1. The molecule has 0 spiro atoms.